The molecule has 2 aromatic rings. The molecule has 0 spiro atoms. The van der Waals surface area contributed by atoms with E-state index in [9.17, 15) is 31.5 Å². The number of aliphatic hydroxyl groups is 1. The predicted octanol–water partition coefficient (Wildman–Crippen LogP) is 5.06. The Hall–Kier alpha value is -2.69. The molecule has 2 saturated carbocycles. The third-order valence-electron chi connectivity index (χ3n) is 7.49. The van der Waals surface area contributed by atoms with Crippen molar-refractivity contribution in [1.82, 2.24) is 0 Å². The van der Waals surface area contributed by atoms with Crippen LogP contribution < -0.4 is 5.32 Å². The van der Waals surface area contributed by atoms with Crippen molar-refractivity contribution in [3.05, 3.63) is 70.6 Å². The van der Waals surface area contributed by atoms with Crippen LogP contribution in [0.5, 0.6) is 0 Å². The molecular weight excluding hydrogens is 517 g/mol. The summed E-state index contributed by atoms with van der Waals surface area (Å²) < 4.78 is 67.5. The van der Waals surface area contributed by atoms with Gasteiger partial charge in [0.25, 0.3) is 5.91 Å². The number of nitrogens with one attached hydrogen (secondary N) is 1. The fraction of sp³-hybridized carbons (Fsp3) is 0.360. The van der Waals surface area contributed by atoms with E-state index in [1.54, 1.807) is 6.20 Å². The highest BCUT2D eigenvalue weighted by molar-refractivity contribution is 7.92. The highest BCUT2D eigenvalue weighted by atomic mass is 35.5. The van der Waals surface area contributed by atoms with Gasteiger partial charge in [0.1, 0.15) is 5.60 Å². The van der Waals surface area contributed by atoms with Gasteiger partial charge in [0.2, 0.25) is 0 Å². The predicted molar refractivity (Wildman–Crippen MR) is 128 cm³/mol. The minimum Gasteiger partial charge on any atom is -0.383 e. The summed E-state index contributed by atoms with van der Waals surface area (Å²) in [6.45, 7) is 0. The minimum atomic E-state index is -3.99. The van der Waals surface area contributed by atoms with Gasteiger partial charge in [-0.15, -0.1) is 0 Å². The molecular formula is C25H22ClF3N2O4S. The Morgan fingerprint density at radius 2 is 1.72 bits per heavy atom. The van der Waals surface area contributed by atoms with E-state index in [1.165, 1.54) is 12.1 Å². The molecule has 36 heavy (non-hydrogen) atoms. The van der Waals surface area contributed by atoms with Crippen LogP contribution in [0.4, 0.5) is 18.9 Å². The number of carbonyl (C=O) groups is 1. The molecule has 11 heteroatoms. The van der Waals surface area contributed by atoms with Gasteiger partial charge < -0.3 is 10.4 Å². The highest BCUT2D eigenvalue weighted by Crippen LogP contribution is 2.53. The van der Waals surface area contributed by atoms with Gasteiger partial charge in [-0.2, -0.15) is 0 Å². The third-order valence-corrected chi connectivity index (χ3v) is 10.1. The number of rotatable bonds is 5. The zero-order valence-corrected chi connectivity index (χ0v) is 20.4. The number of fused-ring (bicyclic) bond motifs is 2. The lowest BCUT2D eigenvalue weighted by Crippen LogP contribution is -2.53. The largest absolute Gasteiger partial charge is 0.383 e. The number of benzene rings is 2. The molecule has 2 aliphatic carbocycles. The van der Waals surface area contributed by atoms with E-state index in [-0.39, 0.29) is 45.8 Å². The van der Waals surface area contributed by atoms with E-state index in [2.05, 4.69) is 10.3 Å². The quantitative estimate of drug-likeness (QED) is 0.520. The van der Waals surface area contributed by atoms with E-state index >= 15 is 0 Å². The van der Waals surface area contributed by atoms with Gasteiger partial charge in [0.15, 0.2) is 27.3 Å². The maximum absolute atomic E-state index is 13.6. The molecule has 4 atom stereocenters. The number of nitrogens with zero attached hydrogens (tertiary/aromatic N) is 1. The summed E-state index contributed by atoms with van der Waals surface area (Å²) in [5.41, 5.74) is -0.884. The van der Waals surface area contributed by atoms with Gasteiger partial charge in [-0.1, -0.05) is 17.7 Å². The smallest absolute Gasteiger partial charge is 0.255 e. The second kappa shape index (κ2) is 9.00. The van der Waals surface area contributed by atoms with Gasteiger partial charge in [0, 0.05) is 36.0 Å². The number of hydrogen-bond donors (Lipinski definition) is 2. The number of hydrogen-bond acceptors (Lipinski definition) is 5. The molecule has 3 aliphatic rings. The van der Waals surface area contributed by atoms with Crippen molar-refractivity contribution in [2.45, 2.75) is 47.9 Å². The molecule has 0 saturated heterocycles. The van der Waals surface area contributed by atoms with Gasteiger partial charge >= 0.3 is 0 Å². The molecule has 3 unspecified atom stereocenters. The highest BCUT2D eigenvalue weighted by Gasteiger charge is 2.58. The third kappa shape index (κ3) is 4.05. The van der Waals surface area contributed by atoms with Crippen LogP contribution in [-0.4, -0.2) is 36.0 Å². The topological polar surface area (TPSA) is 95.8 Å². The Morgan fingerprint density at radius 1 is 1.08 bits per heavy atom. The van der Waals surface area contributed by atoms with E-state index in [1.807, 2.05) is 6.08 Å². The van der Waals surface area contributed by atoms with Gasteiger partial charge in [-0.3, -0.25) is 9.79 Å². The number of carbonyl (C=O) groups excluding carboxylic acids is 1. The van der Waals surface area contributed by atoms with Gasteiger partial charge in [0.05, 0.1) is 20.9 Å². The Morgan fingerprint density at radius 3 is 2.31 bits per heavy atom. The molecule has 1 aliphatic heterocycles. The average Bonchev–Trinajstić information content (AvgIpc) is 3.40. The van der Waals surface area contributed by atoms with Crippen molar-refractivity contribution in [1.29, 1.82) is 0 Å². The fourth-order valence-corrected chi connectivity index (χ4v) is 8.13. The normalized spacial score (nSPS) is 27.2. The summed E-state index contributed by atoms with van der Waals surface area (Å²) >= 11 is 6.24. The molecule has 2 fully saturated rings. The fourth-order valence-electron chi connectivity index (χ4n) is 5.73. The molecule has 5 rings (SSSR count). The number of allylic oxidation sites excluding steroid dienone is 1. The molecule has 0 radical (unpaired) electrons. The SMILES string of the molecule is O=C(Nc1cc(F)c(F)c(F)c1)c1ccc(Cl)c(S(=O)(=O)C2CC3CC[C@@H](C2)C3(O)C2=NC=CC2)c1. The average molecular weight is 539 g/mol. The van der Waals surface area contributed by atoms with Crippen LogP contribution in [0.15, 0.2) is 52.5 Å². The molecule has 2 aromatic carbocycles. The maximum Gasteiger partial charge on any atom is 0.255 e. The van der Waals surface area contributed by atoms with Crippen LogP contribution >= 0.6 is 11.6 Å². The first-order valence-electron chi connectivity index (χ1n) is 11.5. The van der Waals surface area contributed by atoms with Crippen LogP contribution in [-0.2, 0) is 9.84 Å². The number of sulfone groups is 1. The Labute approximate surface area is 210 Å². The van der Waals surface area contributed by atoms with Crippen molar-refractivity contribution in [2.24, 2.45) is 16.8 Å². The van der Waals surface area contributed by atoms with Crippen LogP contribution in [0.3, 0.4) is 0 Å². The molecule has 2 N–H and O–H groups in total. The zero-order chi connectivity index (χ0) is 25.8. The standard InChI is InChI=1S/C25H22ClF3N2O4S/c26-18-6-3-13(24(32)31-16-11-19(27)23(29)20(28)12-16)8-21(18)36(34,35)17-9-14-4-5-15(10-17)25(14,33)22-2-1-7-30-22/h1,3,6-8,11-12,14-15,17,33H,2,4-5,9-10H2,(H,31,32)/t14-,15?,17?,25?/m0/s1. The first-order valence-corrected chi connectivity index (χ1v) is 13.4. The first-order chi connectivity index (χ1) is 17.0. The lowest BCUT2D eigenvalue weighted by molar-refractivity contribution is 0.00359. The molecule has 1 amide bonds. The van der Waals surface area contributed by atoms with Crippen molar-refractivity contribution in [3.63, 3.8) is 0 Å². The number of aliphatic imine (C=N–C) groups is 1. The van der Waals surface area contributed by atoms with E-state index < -0.39 is 44.0 Å². The van der Waals surface area contributed by atoms with Crippen LogP contribution in [0.25, 0.3) is 0 Å². The molecule has 2 bridgehead atoms. The summed E-state index contributed by atoms with van der Waals surface area (Å²) in [4.78, 5) is 16.8. The second-order valence-corrected chi connectivity index (χ2v) is 12.1. The Kier molecular flexibility index (Phi) is 6.25. The zero-order valence-electron chi connectivity index (χ0n) is 18.8. The van der Waals surface area contributed by atoms with Crippen molar-refractivity contribution < 1.29 is 31.5 Å². The molecule has 1 heterocycles. The molecule has 0 aromatic heterocycles. The number of halogens is 4. The van der Waals surface area contributed by atoms with E-state index in [4.69, 9.17) is 11.6 Å². The van der Waals surface area contributed by atoms with E-state index in [0.29, 0.717) is 37.1 Å². The Balaban J connectivity index is 1.40. The first kappa shape index (κ1) is 25.0. The van der Waals surface area contributed by atoms with Crippen molar-refractivity contribution >= 4 is 38.7 Å². The van der Waals surface area contributed by atoms with Crippen molar-refractivity contribution in [2.75, 3.05) is 5.32 Å². The number of anilines is 1. The molecule has 6 nitrogen and oxygen atoms in total. The number of amides is 1. The summed E-state index contributed by atoms with van der Waals surface area (Å²) in [6, 6.07) is 4.90. The summed E-state index contributed by atoms with van der Waals surface area (Å²) in [7, 11) is -3.99. The van der Waals surface area contributed by atoms with Gasteiger partial charge in [-0.25, -0.2) is 21.6 Å². The Bertz CT molecular complexity index is 1390. The van der Waals surface area contributed by atoms with E-state index in [0.717, 1.165) is 6.07 Å². The summed E-state index contributed by atoms with van der Waals surface area (Å²) in [5, 5.41) is 12.8. The lowest BCUT2D eigenvalue weighted by atomic mass is 9.71. The summed E-state index contributed by atoms with van der Waals surface area (Å²) in [6.07, 6.45) is 5.90. The monoisotopic (exact) mass is 538 g/mol. The van der Waals surface area contributed by atoms with Crippen LogP contribution in [0, 0.1) is 29.3 Å². The van der Waals surface area contributed by atoms with Gasteiger partial charge in [-0.05, 0) is 55.7 Å². The van der Waals surface area contributed by atoms with Crippen molar-refractivity contribution in [3.8, 4) is 0 Å². The second-order valence-electron chi connectivity index (χ2n) is 9.45. The minimum absolute atomic E-state index is 0.0667. The lowest BCUT2D eigenvalue weighted by Gasteiger charge is -2.42. The van der Waals surface area contributed by atoms with Crippen LogP contribution in [0.1, 0.15) is 42.5 Å². The summed E-state index contributed by atoms with van der Waals surface area (Å²) in [5.74, 6) is -5.99. The van der Waals surface area contributed by atoms with Crippen LogP contribution in [0.2, 0.25) is 5.02 Å². The maximum atomic E-state index is 13.6. The molecule has 190 valence electrons.